The van der Waals surface area contributed by atoms with E-state index in [1.165, 1.54) is 27.1 Å². The van der Waals surface area contributed by atoms with Crippen molar-refractivity contribution in [1.82, 2.24) is 0 Å². The maximum absolute atomic E-state index is 5.24. The zero-order valence-corrected chi connectivity index (χ0v) is 16.8. The first-order chi connectivity index (χ1) is 14.8. The molecule has 4 aromatic carbocycles. The number of ether oxygens (including phenoxy) is 1. The highest BCUT2D eigenvalue weighted by atomic mass is 16.5. The number of benzene rings is 4. The third-order valence-electron chi connectivity index (χ3n) is 5.48. The van der Waals surface area contributed by atoms with E-state index in [1.807, 2.05) is 12.1 Å². The van der Waals surface area contributed by atoms with E-state index in [-0.39, 0.29) is 0 Å². The Labute approximate surface area is 176 Å². The maximum Gasteiger partial charge on any atom is 0.210 e. The minimum atomic E-state index is 0.862. The second-order valence-electron chi connectivity index (χ2n) is 7.30. The van der Waals surface area contributed by atoms with Crippen molar-refractivity contribution in [3.63, 3.8) is 0 Å². The Bertz CT molecular complexity index is 1300. The number of aromatic nitrogens is 1. The molecule has 144 valence electrons. The van der Waals surface area contributed by atoms with Crippen LogP contribution in [-0.4, -0.2) is 7.11 Å². The van der Waals surface area contributed by atoms with E-state index in [0.717, 1.165) is 17.0 Å². The Morgan fingerprint density at radius 1 is 0.667 bits per heavy atom. The van der Waals surface area contributed by atoms with Crippen LogP contribution in [0.25, 0.3) is 39.4 Å². The summed E-state index contributed by atoms with van der Waals surface area (Å²) in [5.74, 6) is 0.862. The lowest BCUT2D eigenvalue weighted by Gasteiger charge is -2.08. The lowest BCUT2D eigenvalue weighted by atomic mass is 9.96. The zero-order valence-electron chi connectivity index (χ0n) is 16.8. The van der Waals surface area contributed by atoms with Crippen LogP contribution in [0.5, 0.6) is 5.75 Å². The van der Waals surface area contributed by atoms with Gasteiger partial charge in [-0.2, -0.15) is 4.57 Å². The molecule has 0 fully saturated rings. The lowest BCUT2D eigenvalue weighted by Crippen LogP contribution is -2.28. The molecule has 0 radical (unpaired) electrons. The van der Waals surface area contributed by atoms with Crippen molar-refractivity contribution in [1.29, 1.82) is 0 Å². The zero-order chi connectivity index (χ0) is 20.3. The van der Waals surface area contributed by atoms with Crippen molar-refractivity contribution >= 4 is 33.7 Å². The first kappa shape index (κ1) is 18.1. The van der Waals surface area contributed by atoms with Crippen LogP contribution in [0.4, 0.5) is 0 Å². The van der Waals surface area contributed by atoms with Gasteiger partial charge in [0.1, 0.15) is 5.75 Å². The summed E-state index contributed by atoms with van der Waals surface area (Å²) in [5, 5.41) is 5.08. The molecule has 0 aliphatic heterocycles. The highest BCUT2D eigenvalue weighted by molar-refractivity contribution is 6.07. The van der Waals surface area contributed by atoms with Crippen LogP contribution >= 0.6 is 0 Å². The van der Waals surface area contributed by atoms with Crippen LogP contribution in [0.1, 0.15) is 11.1 Å². The van der Waals surface area contributed by atoms with Crippen LogP contribution in [-0.2, 0) is 0 Å². The van der Waals surface area contributed by atoms with Gasteiger partial charge in [0.15, 0.2) is 12.4 Å². The number of fused-ring (bicyclic) bond motifs is 2. The molecule has 0 amide bonds. The topological polar surface area (TPSA) is 13.1 Å². The highest BCUT2D eigenvalue weighted by Gasteiger charge is 2.07. The molecular formula is C28H22NO+. The smallest absolute Gasteiger partial charge is 0.210 e. The van der Waals surface area contributed by atoms with Crippen molar-refractivity contribution in [3.8, 4) is 11.4 Å². The molecule has 2 heteroatoms. The second kappa shape index (κ2) is 7.84. The normalized spacial score (nSPS) is 11.4. The van der Waals surface area contributed by atoms with E-state index < -0.39 is 0 Å². The number of rotatable bonds is 4. The third kappa shape index (κ3) is 3.44. The maximum atomic E-state index is 5.24. The highest BCUT2D eigenvalue weighted by Crippen LogP contribution is 2.30. The van der Waals surface area contributed by atoms with Crippen LogP contribution in [0.2, 0.25) is 0 Å². The van der Waals surface area contributed by atoms with Crippen LogP contribution < -0.4 is 9.30 Å². The van der Waals surface area contributed by atoms with Crippen LogP contribution in [0.15, 0.2) is 103 Å². The fourth-order valence-corrected chi connectivity index (χ4v) is 3.88. The average Bonchev–Trinajstić information content (AvgIpc) is 2.82. The fourth-order valence-electron chi connectivity index (χ4n) is 3.88. The fraction of sp³-hybridized carbons (Fsp3) is 0.0357. The van der Waals surface area contributed by atoms with Crippen LogP contribution in [0, 0.1) is 0 Å². The summed E-state index contributed by atoms with van der Waals surface area (Å²) in [4.78, 5) is 0. The largest absolute Gasteiger partial charge is 0.497 e. The standard InChI is InChI=1S/C28H22NO/c1-30-25-13-11-24(12-14-25)29-18-16-21(17-19-29)10-15-28-26-8-4-2-6-22(26)20-23-7-3-5-9-27(23)28/h2-20H,1H3/q+1/b15-10+. The summed E-state index contributed by atoms with van der Waals surface area (Å²) in [5.41, 5.74) is 3.53. The Kier molecular flexibility index (Phi) is 4.74. The molecule has 1 aromatic heterocycles. The average molecular weight is 388 g/mol. The Hall–Kier alpha value is -3.91. The molecule has 5 aromatic rings. The van der Waals surface area contributed by atoms with Crippen LogP contribution in [0.3, 0.4) is 0 Å². The van der Waals surface area contributed by atoms with Gasteiger partial charge >= 0.3 is 0 Å². The third-order valence-corrected chi connectivity index (χ3v) is 5.48. The molecule has 0 N–H and O–H groups in total. The number of hydrogen-bond donors (Lipinski definition) is 0. The molecule has 0 saturated carbocycles. The minimum absolute atomic E-state index is 0.862. The molecule has 0 bridgehead atoms. The molecule has 0 saturated heterocycles. The van der Waals surface area contributed by atoms with E-state index in [9.17, 15) is 0 Å². The Morgan fingerprint density at radius 2 is 1.27 bits per heavy atom. The van der Waals surface area contributed by atoms with E-state index in [2.05, 4.69) is 108 Å². The summed E-state index contributed by atoms with van der Waals surface area (Å²) < 4.78 is 7.34. The monoisotopic (exact) mass is 388 g/mol. The van der Waals surface area contributed by atoms with Crippen molar-refractivity contribution in [2.24, 2.45) is 0 Å². The second-order valence-corrected chi connectivity index (χ2v) is 7.30. The predicted molar refractivity (Wildman–Crippen MR) is 125 cm³/mol. The van der Waals surface area contributed by atoms with Gasteiger partial charge in [0.25, 0.3) is 0 Å². The number of nitrogens with zero attached hydrogens (tertiary/aromatic N) is 1. The molecule has 2 nitrogen and oxygen atoms in total. The predicted octanol–water partition coefficient (Wildman–Crippen LogP) is 6.45. The van der Waals surface area contributed by atoms with Gasteiger partial charge in [0.2, 0.25) is 5.69 Å². The first-order valence-electron chi connectivity index (χ1n) is 10.1. The molecule has 0 aliphatic rings. The Morgan fingerprint density at radius 3 is 1.87 bits per heavy atom. The molecule has 0 aliphatic carbocycles. The molecular weight excluding hydrogens is 366 g/mol. The summed E-state index contributed by atoms with van der Waals surface area (Å²) in [6.45, 7) is 0. The number of hydrogen-bond acceptors (Lipinski definition) is 1. The molecule has 30 heavy (non-hydrogen) atoms. The van der Waals surface area contributed by atoms with E-state index in [0.29, 0.717) is 0 Å². The van der Waals surface area contributed by atoms with Gasteiger partial charge in [-0.1, -0.05) is 60.7 Å². The molecule has 5 rings (SSSR count). The summed E-state index contributed by atoms with van der Waals surface area (Å²) in [7, 11) is 1.68. The lowest BCUT2D eigenvalue weighted by molar-refractivity contribution is -0.595. The minimum Gasteiger partial charge on any atom is -0.497 e. The quantitative estimate of drug-likeness (QED) is 0.255. The van der Waals surface area contributed by atoms with E-state index in [1.54, 1.807) is 7.11 Å². The Balaban J connectivity index is 1.51. The van der Waals surface area contributed by atoms with Gasteiger partial charge in [-0.3, -0.25) is 0 Å². The molecule has 0 atom stereocenters. The van der Waals surface area contributed by atoms with Crippen molar-refractivity contribution in [2.45, 2.75) is 0 Å². The van der Waals surface area contributed by atoms with Crippen molar-refractivity contribution in [2.75, 3.05) is 7.11 Å². The summed E-state index contributed by atoms with van der Waals surface area (Å²) >= 11 is 0. The number of pyridine rings is 1. The van der Waals surface area contributed by atoms with Gasteiger partial charge in [-0.05, 0) is 50.9 Å². The van der Waals surface area contributed by atoms with E-state index >= 15 is 0 Å². The molecule has 0 spiro atoms. The van der Waals surface area contributed by atoms with Gasteiger partial charge in [-0.15, -0.1) is 0 Å². The summed E-state index contributed by atoms with van der Waals surface area (Å²) in [6, 6.07) is 31.7. The van der Waals surface area contributed by atoms with Gasteiger partial charge in [-0.25, -0.2) is 0 Å². The first-order valence-corrected chi connectivity index (χ1v) is 10.1. The van der Waals surface area contributed by atoms with Crippen molar-refractivity contribution in [3.05, 3.63) is 115 Å². The number of methoxy groups -OCH3 is 1. The molecule has 1 heterocycles. The van der Waals surface area contributed by atoms with Gasteiger partial charge in [0.05, 0.1) is 7.11 Å². The SMILES string of the molecule is COc1ccc(-[n+]2ccc(/C=C/c3c4ccccc4cc4ccccc34)cc2)cc1. The van der Waals surface area contributed by atoms with Crippen molar-refractivity contribution < 1.29 is 9.30 Å². The van der Waals surface area contributed by atoms with Gasteiger partial charge < -0.3 is 4.74 Å². The van der Waals surface area contributed by atoms with E-state index in [4.69, 9.17) is 4.74 Å². The molecule has 0 unspecified atom stereocenters. The van der Waals surface area contributed by atoms with Gasteiger partial charge in [0, 0.05) is 24.3 Å². The summed E-state index contributed by atoms with van der Waals surface area (Å²) in [6.07, 6.45) is 8.59.